The van der Waals surface area contributed by atoms with Gasteiger partial charge in [-0.1, -0.05) is 5.16 Å². The number of likely N-dealkylation sites (tertiary alicyclic amines) is 1. The molecule has 4 heterocycles. The van der Waals surface area contributed by atoms with Crippen LogP contribution >= 0.6 is 11.3 Å². The number of aromatic nitrogens is 2. The van der Waals surface area contributed by atoms with Gasteiger partial charge in [0.25, 0.3) is 0 Å². The van der Waals surface area contributed by atoms with Gasteiger partial charge in [-0.3, -0.25) is 4.79 Å². The molecule has 0 N–H and O–H groups in total. The van der Waals surface area contributed by atoms with Crippen molar-refractivity contribution >= 4 is 17.2 Å². The van der Waals surface area contributed by atoms with Gasteiger partial charge in [-0.25, -0.2) is 0 Å². The van der Waals surface area contributed by atoms with E-state index in [1.807, 2.05) is 21.7 Å². The Labute approximate surface area is 144 Å². The van der Waals surface area contributed by atoms with Gasteiger partial charge in [-0.2, -0.15) is 16.3 Å². The van der Waals surface area contributed by atoms with Crippen molar-refractivity contribution in [3.63, 3.8) is 0 Å². The minimum Gasteiger partial charge on any atom is -0.381 e. The van der Waals surface area contributed by atoms with Gasteiger partial charge in [0.15, 0.2) is 0 Å². The molecule has 2 aromatic rings. The van der Waals surface area contributed by atoms with Crippen LogP contribution in [0.25, 0.3) is 11.4 Å². The molecular weight excluding hydrogens is 326 g/mol. The van der Waals surface area contributed by atoms with Gasteiger partial charge >= 0.3 is 0 Å². The zero-order valence-electron chi connectivity index (χ0n) is 13.5. The first-order valence-corrected chi connectivity index (χ1v) is 9.45. The van der Waals surface area contributed by atoms with Gasteiger partial charge in [0.2, 0.25) is 17.6 Å². The molecule has 7 heteroatoms. The minimum atomic E-state index is 0.0531. The zero-order chi connectivity index (χ0) is 16.4. The molecule has 0 unspecified atom stereocenters. The van der Waals surface area contributed by atoms with Gasteiger partial charge in [-0.05, 0) is 36.6 Å². The summed E-state index contributed by atoms with van der Waals surface area (Å²) in [7, 11) is 0. The second-order valence-corrected chi connectivity index (χ2v) is 7.36. The van der Waals surface area contributed by atoms with Gasteiger partial charge in [-0.15, -0.1) is 0 Å². The lowest BCUT2D eigenvalue weighted by Crippen LogP contribution is -2.43. The molecule has 0 bridgehead atoms. The molecule has 0 spiro atoms. The van der Waals surface area contributed by atoms with E-state index in [1.165, 1.54) is 0 Å². The van der Waals surface area contributed by atoms with Crippen molar-refractivity contribution in [3.05, 3.63) is 22.7 Å². The Bertz CT molecular complexity index is 679. The third kappa shape index (κ3) is 3.37. The molecule has 2 saturated heterocycles. The van der Waals surface area contributed by atoms with Crippen molar-refractivity contribution in [3.8, 4) is 11.4 Å². The molecule has 2 aliphatic rings. The summed E-state index contributed by atoms with van der Waals surface area (Å²) in [5.74, 6) is 2.01. The number of hydrogen-bond acceptors (Lipinski definition) is 6. The Morgan fingerprint density at radius 2 is 2.38 bits per heavy atom. The predicted octanol–water partition coefficient (Wildman–Crippen LogP) is 2.62. The third-order valence-corrected chi connectivity index (χ3v) is 5.50. The molecule has 2 aliphatic heterocycles. The average molecular weight is 347 g/mol. The monoisotopic (exact) mass is 347 g/mol. The highest BCUT2D eigenvalue weighted by Crippen LogP contribution is 2.25. The van der Waals surface area contributed by atoms with E-state index >= 15 is 0 Å². The fraction of sp³-hybridized carbons (Fsp3) is 0.588. The highest BCUT2D eigenvalue weighted by Gasteiger charge is 2.31. The maximum atomic E-state index is 12.6. The molecule has 2 aromatic heterocycles. The number of piperidine rings is 1. The SMILES string of the molecule is O=C([C@@H]1CCOC1)N1CCC[C@@H](Cc2nc(-c3ccsc3)no2)C1. The van der Waals surface area contributed by atoms with E-state index in [0.717, 1.165) is 44.3 Å². The van der Waals surface area contributed by atoms with Crippen molar-refractivity contribution in [2.75, 3.05) is 26.3 Å². The number of carbonyl (C=O) groups is 1. The molecule has 4 rings (SSSR count). The Morgan fingerprint density at radius 3 is 3.17 bits per heavy atom. The Balaban J connectivity index is 1.37. The number of amides is 1. The van der Waals surface area contributed by atoms with Crippen LogP contribution in [-0.2, 0) is 16.0 Å². The van der Waals surface area contributed by atoms with Crippen LogP contribution in [0, 0.1) is 11.8 Å². The molecule has 0 aromatic carbocycles. The molecule has 6 nitrogen and oxygen atoms in total. The lowest BCUT2D eigenvalue weighted by atomic mass is 9.93. The van der Waals surface area contributed by atoms with Crippen LogP contribution in [0.15, 0.2) is 21.3 Å². The van der Waals surface area contributed by atoms with Crippen molar-refractivity contribution in [2.45, 2.75) is 25.7 Å². The van der Waals surface area contributed by atoms with Crippen LogP contribution in [-0.4, -0.2) is 47.3 Å². The zero-order valence-corrected chi connectivity index (χ0v) is 14.3. The van der Waals surface area contributed by atoms with E-state index in [0.29, 0.717) is 30.8 Å². The summed E-state index contributed by atoms with van der Waals surface area (Å²) in [5.41, 5.74) is 0.997. The lowest BCUT2D eigenvalue weighted by Gasteiger charge is -2.33. The molecule has 0 radical (unpaired) electrons. The first-order chi connectivity index (χ1) is 11.8. The standard InChI is InChI=1S/C17H21N3O3S/c21-17(13-3-6-22-10-13)20-5-1-2-12(9-20)8-15-18-16(19-23-15)14-4-7-24-11-14/h4,7,11-13H,1-3,5-6,8-10H2/t12-,13+/m0/s1. The van der Waals surface area contributed by atoms with E-state index < -0.39 is 0 Å². The van der Waals surface area contributed by atoms with Crippen molar-refractivity contribution in [1.29, 1.82) is 0 Å². The number of thiophene rings is 1. The van der Waals surface area contributed by atoms with Crippen LogP contribution in [0.2, 0.25) is 0 Å². The molecule has 0 saturated carbocycles. The average Bonchev–Trinajstić information content (AvgIpc) is 3.35. The number of rotatable bonds is 4. The van der Waals surface area contributed by atoms with Crippen LogP contribution in [0.5, 0.6) is 0 Å². The lowest BCUT2D eigenvalue weighted by molar-refractivity contribution is -0.137. The number of ether oxygens (including phenoxy) is 1. The van der Waals surface area contributed by atoms with Crippen molar-refractivity contribution in [1.82, 2.24) is 15.0 Å². The largest absolute Gasteiger partial charge is 0.381 e. The van der Waals surface area contributed by atoms with E-state index in [2.05, 4.69) is 10.1 Å². The fourth-order valence-corrected chi connectivity index (χ4v) is 4.15. The Hall–Kier alpha value is -1.73. The quantitative estimate of drug-likeness (QED) is 0.850. The van der Waals surface area contributed by atoms with Crippen molar-refractivity contribution in [2.24, 2.45) is 11.8 Å². The molecule has 2 fully saturated rings. The maximum Gasteiger partial charge on any atom is 0.228 e. The number of hydrogen-bond donors (Lipinski definition) is 0. The third-order valence-electron chi connectivity index (χ3n) is 4.82. The Morgan fingerprint density at radius 1 is 1.42 bits per heavy atom. The highest BCUT2D eigenvalue weighted by molar-refractivity contribution is 7.08. The molecule has 0 aliphatic carbocycles. The molecule has 24 heavy (non-hydrogen) atoms. The van der Waals surface area contributed by atoms with Crippen LogP contribution in [0.1, 0.15) is 25.2 Å². The number of nitrogens with zero attached hydrogens (tertiary/aromatic N) is 3. The van der Waals surface area contributed by atoms with Crippen molar-refractivity contribution < 1.29 is 14.1 Å². The molecule has 1 amide bonds. The molecular formula is C17H21N3O3S. The minimum absolute atomic E-state index is 0.0531. The second kappa shape index (κ2) is 7.03. The van der Waals surface area contributed by atoms with E-state index in [1.54, 1.807) is 11.3 Å². The normalized spacial score (nSPS) is 24.4. The van der Waals surface area contributed by atoms with Crippen LogP contribution < -0.4 is 0 Å². The Kier molecular flexibility index (Phi) is 4.62. The number of carbonyl (C=O) groups excluding carboxylic acids is 1. The van der Waals surface area contributed by atoms with Crippen LogP contribution in [0.4, 0.5) is 0 Å². The summed E-state index contributed by atoms with van der Waals surface area (Å²) in [6.07, 6.45) is 3.73. The molecule has 128 valence electrons. The van der Waals surface area contributed by atoms with Gasteiger partial charge < -0.3 is 14.2 Å². The smallest absolute Gasteiger partial charge is 0.228 e. The summed E-state index contributed by atoms with van der Waals surface area (Å²) >= 11 is 1.62. The van der Waals surface area contributed by atoms with Gasteiger partial charge in [0.1, 0.15) is 0 Å². The van der Waals surface area contributed by atoms with Gasteiger partial charge in [0.05, 0.1) is 12.5 Å². The first kappa shape index (κ1) is 15.8. The summed E-state index contributed by atoms with van der Waals surface area (Å²) < 4.78 is 10.8. The molecule has 2 atom stereocenters. The summed E-state index contributed by atoms with van der Waals surface area (Å²) in [5, 5.41) is 8.08. The first-order valence-electron chi connectivity index (χ1n) is 8.51. The van der Waals surface area contributed by atoms with E-state index in [4.69, 9.17) is 9.26 Å². The van der Waals surface area contributed by atoms with E-state index in [9.17, 15) is 4.79 Å². The maximum absolute atomic E-state index is 12.6. The highest BCUT2D eigenvalue weighted by atomic mass is 32.1. The summed E-state index contributed by atoms with van der Waals surface area (Å²) in [6.45, 7) is 2.93. The fourth-order valence-electron chi connectivity index (χ4n) is 3.51. The van der Waals surface area contributed by atoms with Crippen LogP contribution in [0.3, 0.4) is 0 Å². The summed E-state index contributed by atoms with van der Waals surface area (Å²) in [6, 6.07) is 1.99. The topological polar surface area (TPSA) is 68.5 Å². The summed E-state index contributed by atoms with van der Waals surface area (Å²) in [4.78, 5) is 19.1. The predicted molar refractivity (Wildman–Crippen MR) is 89.5 cm³/mol. The van der Waals surface area contributed by atoms with Gasteiger partial charge in [0, 0.05) is 37.1 Å². The van der Waals surface area contributed by atoms with E-state index in [-0.39, 0.29) is 11.8 Å². The second-order valence-electron chi connectivity index (χ2n) is 6.58.